The molecule has 29 heavy (non-hydrogen) atoms. The Bertz CT molecular complexity index is 752. The fourth-order valence-electron chi connectivity index (χ4n) is 6.43. The van der Waals surface area contributed by atoms with E-state index in [1.165, 1.54) is 19.3 Å². The van der Waals surface area contributed by atoms with Gasteiger partial charge >= 0.3 is 0 Å². The second-order valence-corrected chi connectivity index (χ2v) is 11.5. The lowest BCUT2D eigenvalue weighted by Gasteiger charge is -2.56. The van der Waals surface area contributed by atoms with E-state index in [-0.39, 0.29) is 23.0 Å². The Balaban J connectivity index is 1.49. The van der Waals surface area contributed by atoms with Crippen molar-refractivity contribution < 1.29 is 9.59 Å². The molecule has 0 aliphatic heterocycles. The van der Waals surface area contributed by atoms with Crippen LogP contribution in [0.1, 0.15) is 71.5 Å². The molecule has 2 N–H and O–H groups in total. The van der Waals surface area contributed by atoms with E-state index in [1.807, 2.05) is 6.92 Å². The third-order valence-electron chi connectivity index (χ3n) is 7.15. The number of amides is 1. The first-order valence-corrected chi connectivity index (χ1v) is 12.0. The predicted molar refractivity (Wildman–Crippen MR) is 113 cm³/mol. The van der Waals surface area contributed by atoms with Gasteiger partial charge in [-0.2, -0.15) is 0 Å². The number of rotatable bonds is 9. The van der Waals surface area contributed by atoms with E-state index >= 15 is 0 Å². The summed E-state index contributed by atoms with van der Waals surface area (Å²) in [5, 5.41) is 9.38. The largest absolute Gasteiger partial charge is 0.370 e. The van der Waals surface area contributed by atoms with Gasteiger partial charge in [0.2, 0.25) is 5.91 Å². The summed E-state index contributed by atoms with van der Waals surface area (Å²) in [5.74, 6) is 3.62. The maximum absolute atomic E-state index is 13.6. The average Bonchev–Trinajstić information content (AvgIpc) is 2.99. The summed E-state index contributed by atoms with van der Waals surface area (Å²) in [6.45, 7) is 7.12. The maximum atomic E-state index is 13.6. The molecule has 4 aliphatic rings. The van der Waals surface area contributed by atoms with Gasteiger partial charge in [-0.25, -0.2) is 0 Å². The lowest BCUT2D eigenvalue weighted by atomic mass is 9.48. The third kappa shape index (κ3) is 4.25. The number of carbonyl (C=O) groups excluding carboxylic acids is 2. The molecule has 7 heteroatoms. The monoisotopic (exact) mass is 418 g/mol. The van der Waals surface area contributed by atoms with E-state index in [4.69, 9.17) is 5.73 Å². The quantitative estimate of drug-likeness (QED) is 0.619. The summed E-state index contributed by atoms with van der Waals surface area (Å²) in [4.78, 5) is 24.8. The summed E-state index contributed by atoms with van der Waals surface area (Å²) in [5.41, 5.74) is 5.23. The molecule has 4 fully saturated rings. The summed E-state index contributed by atoms with van der Waals surface area (Å²) < 4.78 is 2.09. The number of nitrogens with two attached hydrogens (primary N) is 1. The molecule has 0 radical (unpaired) electrons. The highest BCUT2D eigenvalue weighted by molar-refractivity contribution is 8.00. The van der Waals surface area contributed by atoms with Crippen molar-refractivity contribution in [2.75, 3.05) is 0 Å². The van der Waals surface area contributed by atoms with Gasteiger partial charge in [-0.05, 0) is 69.1 Å². The number of hydrogen-bond donors (Lipinski definition) is 1. The number of aromatic nitrogens is 3. The Kier molecular flexibility index (Phi) is 5.79. The van der Waals surface area contributed by atoms with Gasteiger partial charge in [0.15, 0.2) is 10.9 Å². The zero-order chi connectivity index (χ0) is 20.8. The number of carbonyl (C=O) groups is 2. The normalized spacial score (nSPS) is 31.4. The van der Waals surface area contributed by atoms with Crippen LogP contribution in [0, 0.1) is 29.1 Å². The lowest BCUT2D eigenvalue weighted by molar-refractivity contribution is -0.143. The number of thioether (sulfide) groups is 1. The van der Waals surface area contributed by atoms with Crippen LogP contribution in [0.15, 0.2) is 5.16 Å². The van der Waals surface area contributed by atoms with Crippen LogP contribution in [-0.2, 0) is 22.6 Å². The van der Waals surface area contributed by atoms with Crippen molar-refractivity contribution in [3.8, 4) is 0 Å². The van der Waals surface area contributed by atoms with Gasteiger partial charge in [0.05, 0.1) is 5.25 Å². The van der Waals surface area contributed by atoms with Gasteiger partial charge < -0.3 is 10.3 Å². The molecule has 5 rings (SSSR count). The van der Waals surface area contributed by atoms with Crippen LogP contribution in [0.2, 0.25) is 0 Å². The minimum Gasteiger partial charge on any atom is -0.370 e. The van der Waals surface area contributed by atoms with Crippen molar-refractivity contribution in [3.63, 3.8) is 0 Å². The Morgan fingerprint density at radius 1 is 1.10 bits per heavy atom. The second kappa shape index (κ2) is 8.05. The van der Waals surface area contributed by atoms with Crippen molar-refractivity contribution in [1.82, 2.24) is 14.8 Å². The van der Waals surface area contributed by atoms with E-state index in [1.54, 1.807) is 11.8 Å². The molecule has 6 nitrogen and oxygen atoms in total. The smallest absolute Gasteiger partial charge is 0.217 e. The first-order chi connectivity index (χ1) is 13.8. The minimum absolute atomic E-state index is 0.0845. The molecule has 1 atom stereocenters. The van der Waals surface area contributed by atoms with Crippen LogP contribution < -0.4 is 5.73 Å². The van der Waals surface area contributed by atoms with Gasteiger partial charge in [-0.3, -0.25) is 9.59 Å². The highest BCUT2D eigenvalue weighted by Crippen LogP contribution is 2.61. The van der Waals surface area contributed by atoms with E-state index in [9.17, 15) is 9.59 Å². The molecule has 0 spiro atoms. The molecule has 160 valence electrons. The Morgan fingerprint density at radius 2 is 1.69 bits per heavy atom. The fraction of sp³-hybridized carbons (Fsp3) is 0.818. The number of ketones is 1. The Labute approximate surface area is 177 Å². The zero-order valence-electron chi connectivity index (χ0n) is 17.9. The Morgan fingerprint density at radius 3 is 2.21 bits per heavy atom. The highest BCUT2D eigenvalue weighted by Gasteiger charge is 2.55. The average molecular weight is 419 g/mol. The molecular weight excluding hydrogens is 384 g/mol. The molecule has 1 aromatic heterocycles. The van der Waals surface area contributed by atoms with Crippen LogP contribution >= 0.6 is 11.8 Å². The van der Waals surface area contributed by atoms with Crippen LogP contribution in [0.5, 0.6) is 0 Å². The van der Waals surface area contributed by atoms with Gasteiger partial charge in [-0.1, -0.05) is 25.6 Å². The predicted octanol–water partition coefficient (Wildman–Crippen LogP) is 3.62. The first kappa shape index (κ1) is 20.9. The van der Waals surface area contributed by atoms with Gasteiger partial charge in [0.25, 0.3) is 0 Å². The van der Waals surface area contributed by atoms with E-state index < -0.39 is 0 Å². The zero-order valence-corrected chi connectivity index (χ0v) is 18.7. The number of primary amides is 1. The molecule has 1 aromatic rings. The van der Waals surface area contributed by atoms with Crippen LogP contribution in [0.3, 0.4) is 0 Å². The number of nitrogens with zero attached hydrogens (tertiary/aromatic N) is 3. The molecular formula is C22H34N4O2S. The van der Waals surface area contributed by atoms with Crippen LogP contribution in [0.25, 0.3) is 0 Å². The number of Topliss-reactive ketones (excluding diaryl/α,β-unsaturated/α-hetero) is 1. The van der Waals surface area contributed by atoms with E-state index in [2.05, 4.69) is 28.6 Å². The SMILES string of the molecule is CC(C)Cn1c(CCC(N)=O)nnc1S[C@H](C)C(=O)C12CC3CC(CC(C3)C1)C2. The summed E-state index contributed by atoms with van der Waals surface area (Å²) in [6.07, 6.45) is 8.11. The highest BCUT2D eigenvalue weighted by atomic mass is 32.2. The lowest BCUT2D eigenvalue weighted by Crippen LogP contribution is -2.51. The van der Waals surface area contributed by atoms with Crippen LogP contribution in [0.4, 0.5) is 0 Å². The second-order valence-electron chi connectivity index (χ2n) is 10.2. The molecule has 4 saturated carbocycles. The van der Waals surface area contributed by atoms with Crippen LogP contribution in [-0.4, -0.2) is 31.7 Å². The topological polar surface area (TPSA) is 90.9 Å². The van der Waals surface area contributed by atoms with Gasteiger partial charge in [0.1, 0.15) is 5.82 Å². The molecule has 1 heterocycles. The van der Waals surface area contributed by atoms with Gasteiger partial charge in [0, 0.05) is 24.8 Å². The molecule has 0 unspecified atom stereocenters. The summed E-state index contributed by atoms with van der Waals surface area (Å²) >= 11 is 1.55. The summed E-state index contributed by atoms with van der Waals surface area (Å²) in [7, 11) is 0. The number of aryl methyl sites for hydroxylation is 1. The summed E-state index contributed by atoms with van der Waals surface area (Å²) in [6, 6.07) is 0. The Hall–Kier alpha value is -1.37. The molecule has 0 saturated heterocycles. The van der Waals surface area contributed by atoms with E-state index in [0.29, 0.717) is 18.1 Å². The van der Waals surface area contributed by atoms with Crippen molar-refractivity contribution in [2.24, 2.45) is 34.8 Å². The van der Waals surface area contributed by atoms with Crippen molar-refractivity contribution in [2.45, 2.75) is 89.1 Å². The third-order valence-corrected chi connectivity index (χ3v) is 8.23. The maximum Gasteiger partial charge on any atom is 0.217 e. The molecule has 4 aliphatic carbocycles. The molecule has 0 aromatic carbocycles. The van der Waals surface area contributed by atoms with Crippen molar-refractivity contribution in [1.29, 1.82) is 0 Å². The minimum atomic E-state index is -0.330. The fourth-order valence-corrected chi connectivity index (χ4v) is 7.50. The molecule has 1 amide bonds. The first-order valence-electron chi connectivity index (χ1n) is 11.2. The standard InChI is InChI=1S/C22H34N4O2S/c1-13(2)12-26-19(5-4-18(23)27)24-25-21(26)29-14(3)20(28)22-9-15-6-16(10-22)8-17(7-15)11-22/h13-17H,4-12H2,1-3H3,(H2,23,27)/t14-,15?,16?,17?,22?/m1/s1. The van der Waals surface area contributed by atoms with Crippen molar-refractivity contribution >= 4 is 23.5 Å². The van der Waals surface area contributed by atoms with Gasteiger partial charge in [-0.15, -0.1) is 10.2 Å². The van der Waals surface area contributed by atoms with E-state index in [0.717, 1.165) is 54.5 Å². The van der Waals surface area contributed by atoms with Crippen molar-refractivity contribution in [3.05, 3.63) is 5.82 Å². The number of hydrogen-bond acceptors (Lipinski definition) is 5. The molecule has 4 bridgehead atoms.